The van der Waals surface area contributed by atoms with E-state index in [4.69, 9.17) is 0 Å². The number of fused-ring (bicyclic) bond motifs is 3. The molecule has 3 aromatic rings. The lowest BCUT2D eigenvalue weighted by atomic mass is 10.0. The minimum Gasteiger partial charge on any atom is -0.337 e. The van der Waals surface area contributed by atoms with Gasteiger partial charge in [-0.15, -0.1) is 24.8 Å². The number of hydrogen-bond acceptors (Lipinski definition) is 3. The van der Waals surface area contributed by atoms with Gasteiger partial charge in [0, 0.05) is 42.2 Å². The Bertz CT molecular complexity index is 1050. The molecule has 0 saturated carbocycles. The number of benzene rings is 2. The molecule has 2 unspecified atom stereocenters. The number of amides is 1. The van der Waals surface area contributed by atoms with Crippen LogP contribution >= 0.6 is 24.8 Å². The lowest BCUT2D eigenvalue weighted by molar-refractivity contribution is 0.0750. The zero-order valence-corrected chi connectivity index (χ0v) is 18.0. The summed E-state index contributed by atoms with van der Waals surface area (Å²) in [4.78, 5) is 20.1. The Morgan fingerprint density at radius 1 is 1.00 bits per heavy atom. The van der Waals surface area contributed by atoms with Crippen molar-refractivity contribution in [2.45, 2.75) is 31.3 Å². The molecule has 2 bridgehead atoms. The van der Waals surface area contributed by atoms with Crippen LogP contribution in [0.1, 0.15) is 29.6 Å². The summed E-state index contributed by atoms with van der Waals surface area (Å²) < 4.78 is 13.9. The third-order valence-electron chi connectivity index (χ3n) is 5.88. The monoisotopic (exact) mass is 447 g/mol. The van der Waals surface area contributed by atoms with E-state index in [1.807, 2.05) is 41.3 Å². The Morgan fingerprint density at radius 2 is 1.77 bits per heavy atom. The van der Waals surface area contributed by atoms with Gasteiger partial charge >= 0.3 is 0 Å². The molecule has 1 aromatic heterocycles. The molecule has 2 aliphatic heterocycles. The number of halogens is 3. The zero-order valence-electron chi connectivity index (χ0n) is 16.4. The summed E-state index contributed by atoms with van der Waals surface area (Å²) in [7, 11) is 0. The molecule has 0 aliphatic carbocycles. The molecule has 0 spiro atoms. The van der Waals surface area contributed by atoms with Gasteiger partial charge in [0.25, 0.3) is 5.91 Å². The fraction of sp³-hybridized carbons (Fsp3) is 0.304. The maximum absolute atomic E-state index is 13.9. The second-order valence-corrected chi connectivity index (χ2v) is 7.76. The summed E-state index contributed by atoms with van der Waals surface area (Å²) in [6.07, 6.45) is 3.29. The van der Waals surface area contributed by atoms with Crippen molar-refractivity contribution in [1.29, 1.82) is 0 Å². The molecule has 2 saturated heterocycles. The minimum atomic E-state index is -0.347. The van der Waals surface area contributed by atoms with Crippen LogP contribution in [0.25, 0.3) is 22.2 Å². The number of carbonyl (C=O) groups excluding carboxylic acids is 1. The van der Waals surface area contributed by atoms with E-state index in [0.717, 1.165) is 31.5 Å². The Labute approximate surface area is 187 Å². The van der Waals surface area contributed by atoms with Gasteiger partial charge in [-0.05, 0) is 37.5 Å². The highest BCUT2D eigenvalue weighted by Crippen LogP contribution is 2.28. The molecule has 2 aliphatic rings. The Balaban J connectivity index is 0.00000128. The Morgan fingerprint density at radius 3 is 2.57 bits per heavy atom. The first-order valence-corrected chi connectivity index (χ1v) is 9.88. The summed E-state index contributed by atoms with van der Waals surface area (Å²) >= 11 is 0. The van der Waals surface area contributed by atoms with Gasteiger partial charge in [0.2, 0.25) is 0 Å². The molecule has 1 N–H and O–H groups in total. The van der Waals surface area contributed by atoms with Crippen molar-refractivity contribution in [2.24, 2.45) is 0 Å². The van der Waals surface area contributed by atoms with E-state index >= 15 is 0 Å². The third kappa shape index (κ3) is 4.29. The van der Waals surface area contributed by atoms with Crippen LogP contribution in [0.3, 0.4) is 0 Å². The first-order chi connectivity index (χ1) is 13.7. The molecule has 7 heteroatoms. The highest BCUT2D eigenvalue weighted by molar-refractivity contribution is 6.07. The van der Waals surface area contributed by atoms with E-state index in [1.165, 1.54) is 18.6 Å². The number of likely N-dealkylation sites (tertiary alicyclic amines) is 1. The number of nitrogens with zero attached hydrogens (tertiary/aromatic N) is 2. The van der Waals surface area contributed by atoms with E-state index < -0.39 is 0 Å². The number of pyridine rings is 1. The van der Waals surface area contributed by atoms with Crippen molar-refractivity contribution in [3.05, 3.63) is 66.0 Å². The van der Waals surface area contributed by atoms with Gasteiger partial charge in [-0.1, -0.05) is 30.3 Å². The summed E-state index contributed by atoms with van der Waals surface area (Å²) in [5.41, 5.74) is 2.72. The van der Waals surface area contributed by atoms with Gasteiger partial charge in [0.15, 0.2) is 0 Å². The van der Waals surface area contributed by atoms with Gasteiger partial charge in [0.1, 0.15) is 5.82 Å². The zero-order chi connectivity index (χ0) is 19.1. The molecular weight excluding hydrogens is 424 g/mol. The highest BCUT2D eigenvalue weighted by atomic mass is 35.5. The Hall–Kier alpha value is -2.21. The van der Waals surface area contributed by atoms with Crippen molar-refractivity contribution in [1.82, 2.24) is 15.2 Å². The second-order valence-electron chi connectivity index (χ2n) is 7.76. The van der Waals surface area contributed by atoms with E-state index in [-0.39, 0.29) is 36.5 Å². The van der Waals surface area contributed by atoms with Gasteiger partial charge < -0.3 is 10.2 Å². The second kappa shape index (κ2) is 9.29. The predicted molar refractivity (Wildman–Crippen MR) is 122 cm³/mol. The van der Waals surface area contributed by atoms with Crippen molar-refractivity contribution in [3.63, 3.8) is 0 Å². The van der Waals surface area contributed by atoms with E-state index in [2.05, 4.69) is 10.3 Å². The van der Waals surface area contributed by atoms with Crippen LogP contribution in [0.2, 0.25) is 0 Å². The molecule has 1 amide bonds. The van der Waals surface area contributed by atoms with E-state index in [9.17, 15) is 9.18 Å². The van der Waals surface area contributed by atoms with Gasteiger partial charge in [-0.2, -0.15) is 0 Å². The van der Waals surface area contributed by atoms with Crippen LogP contribution in [0.15, 0.2) is 54.6 Å². The molecule has 30 heavy (non-hydrogen) atoms. The average molecular weight is 448 g/mol. The molecule has 5 rings (SSSR count). The van der Waals surface area contributed by atoms with Crippen LogP contribution in [0.4, 0.5) is 4.39 Å². The van der Waals surface area contributed by atoms with Crippen LogP contribution in [0, 0.1) is 5.82 Å². The van der Waals surface area contributed by atoms with Crippen molar-refractivity contribution in [3.8, 4) is 11.3 Å². The largest absolute Gasteiger partial charge is 0.337 e. The van der Waals surface area contributed by atoms with Gasteiger partial charge in [-0.25, -0.2) is 9.37 Å². The third-order valence-corrected chi connectivity index (χ3v) is 5.88. The maximum Gasteiger partial charge on any atom is 0.254 e. The quantitative estimate of drug-likeness (QED) is 0.610. The summed E-state index contributed by atoms with van der Waals surface area (Å²) in [5, 5.41) is 4.32. The standard InChI is InChI=1S/C23H22FN3O.2ClH/c24-16-6-9-19-20(23(28)27-11-10-17-7-8-18(14-27)25-17)13-21(26-22(19)12-16)15-4-2-1-3-5-15;;/h1-6,9,12-13,17-18,25H,7-8,10-11,14H2;2*1H. The molecule has 2 atom stereocenters. The van der Waals surface area contributed by atoms with Gasteiger partial charge in [-0.3, -0.25) is 4.79 Å². The molecule has 0 radical (unpaired) electrons. The van der Waals surface area contributed by atoms with E-state index in [1.54, 1.807) is 6.07 Å². The number of carbonyl (C=O) groups is 1. The predicted octanol–water partition coefficient (Wildman–Crippen LogP) is 4.85. The van der Waals surface area contributed by atoms with Gasteiger partial charge in [0.05, 0.1) is 16.8 Å². The van der Waals surface area contributed by atoms with Crippen LogP contribution in [-0.2, 0) is 0 Å². The highest BCUT2D eigenvalue weighted by Gasteiger charge is 2.32. The SMILES string of the molecule is Cl.Cl.O=C(c1cc(-c2ccccc2)nc2cc(F)ccc12)N1CCC2CCC(C1)N2. The average Bonchev–Trinajstić information content (AvgIpc) is 3.05. The maximum atomic E-state index is 13.9. The first kappa shape index (κ1) is 22.5. The lowest BCUT2D eigenvalue weighted by Gasteiger charge is -2.25. The smallest absolute Gasteiger partial charge is 0.254 e. The summed E-state index contributed by atoms with van der Waals surface area (Å²) in [6.45, 7) is 1.47. The number of aromatic nitrogens is 1. The van der Waals surface area contributed by atoms with Crippen LogP contribution < -0.4 is 5.32 Å². The Kier molecular flexibility index (Phi) is 6.96. The fourth-order valence-corrected chi connectivity index (χ4v) is 4.43. The number of rotatable bonds is 2. The molecule has 2 fully saturated rings. The molecule has 3 heterocycles. The number of nitrogens with one attached hydrogen (secondary N) is 1. The fourth-order valence-electron chi connectivity index (χ4n) is 4.43. The van der Waals surface area contributed by atoms with E-state index in [0.29, 0.717) is 34.2 Å². The van der Waals surface area contributed by atoms with Crippen molar-refractivity contribution in [2.75, 3.05) is 13.1 Å². The molecule has 158 valence electrons. The molecular formula is C23H24Cl2FN3O. The topological polar surface area (TPSA) is 45.2 Å². The van der Waals surface area contributed by atoms with Crippen LogP contribution in [-0.4, -0.2) is 41.0 Å². The normalized spacial score (nSPS) is 20.2. The molecule has 4 nitrogen and oxygen atoms in total. The summed E-state index contributed by atoms with van der Waals surface area (Å²) in [6, 6.07) is 16.9. The summed E-state index contributed by atoms with van der Waals surface area (Å²) in [5.74, 6) is -0.342. The first-order valence-electron chi connectivity index (χ1n) is 9.88. The van der Waals surface area contributed by atoms with Crippen LogP contribution in [0.5, 0.6) is 0 Å². The molecule has 2 aromatic carbocycles. The minimum absolute atomic E-state index is 0. The van der Waals surface area contributed by atoms with Crippen molar-refractivity contribution < 1.29 is 9.18 Å². The van der Waals surface area contributed by atoms with Crippen molar-refractivity contribution >= 4 is 41.6 Å². The lowest BCUT2D eigenvalue weighted by Crippen LogP contribution is -2.39. The number of hydrogen-bond donors (Lipinski definition) is 1.